The van der Waals surface area contributed by atoms with Gasteiger partial charge in [0.1, 0.15) is 5.82 Å². The van der Waals surface area contributed by atoms with Crippen molar-refractivity contribution >= 4 is 22.5 Å². The Labute approximate surface area is 148 Å². The smallest absolute Gasteiger partial charge is 0.338 e. The standard InChI is InChI=1S/C17H19F3N6/c1-10-8-14-12(9-13(10)17(18,19)20)15-21-11(2)23-26(15)16(22-14)25-6-4-24(3)5-7-25/h8-9H,4-7H2,1-3H3. The maximum absolute atomic E-state index is 13.3. The highest BCUT2D eigenvalue weighted by Gasteiger charge is 2.33. The van der Waals surface area contributed by atoms with E-state index in [2.05, 4.69) is 31.9 Å². The predicted molar refractivity (Wildman–Crippen MR) is 92.5 cm³/mol. The summed E-state index contributed by atoms with van der Waals surface area (Å²) in [6.45, 7) is 6.53. The van der Waals surface area contributed by atoms with E-state index in [4.69, 9.17) is 0 Å². The lowest BCUT2D eigenvalue weighted by Gasteiger charge is -2.33. The third kappa shape index (κ3) is 2.76. The van der Waals surface area contributed by atoms with Gasteiger partial charge in [-0.1, -0.05) is 0 Å². The molecule has 2 aromatic heterocycles. The molecule has 0 unspecified atom stereocenters. The molecule has 3 heterocycles. The highest BCUT2D eigenvalue weighted by Crippen LogP contribution is 2.35. The molecule has 0 amide bonds. The van der Waals surface area contributed by atoms with Gasteiger partial charge in [0.2, 0.25) is 5.95 Å². The summed E-state index contributed by atoms with van der Waals surface area (Å²) < 4.78 is 41.5. The van der Waals surface area contributed by atoms with Gasteiger partial charge in [0.15, 0.2) is 5.65 Å². The number of aromatic nitrogens is 4. The first-order valence-electron chi connectivity index (χ1n) is 8.42. The zero-order valence-electron chi connectivity index (χ0n) is 14.8. The highest BCUT2D eigenvalue weighted by molar-refractivity contribution is 5.93. The Bertz CT molecular complexity index is 986. The third-order valence-corrected chi connectivity index (χ3v) is 4.80. The molecular formula is C17H19F3N6. The van der Waals surface area contributed by atoms with E-state index in [0.717, 1.165) is 32.2 Å². The van der Waals surface area contributed by atoms with Gasteiger partial charge < -0.3 is 9.80 Å². The maximum Gasteiger partial charge on any atom is 0.416 e. The Morgan fingerprint density at radius 1 is 1.00 bits per heavy atom. The molecule has 6 nitrogen and oxygen atoms in total. The SMILES string of the molecule is Cc1nc2c3cc(C(F)(F)F)c(C)cc3nc(N3CCN(C)CC3)n2n1. The number of alkyl halides is 3. The first-order valence-corrected chi connectivity index (χ1v) is 8.42. The summed E-state index contributed by atoms with van der Waals surface area (Å²) in [5, 5.41) is 4.74. The van der Waals surface area contributed by atoms with E-state index in [1.165, 1.54) is 13.0 Å². The van der Waals surface area contributed by atoms with Gasteiger partial charge >= 0.3 is 6.18 Å². The number of anilines is 1. The predicted octanol–water partition coefficient (Wildman–Crippen LogP) is 2.66. The van der Waals surface area contributed by atoms with E-state index in [-0.39, 0.29) is 5.56 Å². The van der Waals surface area contributed by atoms with Crippen molar-refractivity contribution < 1.29 is 13.2 Å². The average molecular weight is 364 g/mol. The van der Waals surface area contributed by atoms with Crippen molar-refractivity contribution in [3.8, 4) is 0 Å². The van der Waals surface area contributed by atoms with Gasteiger partial charge in [-0.25, -0.2) is 9.97 Å². The number of hydrogen-bond donors (Lipinski definition) is 0. The van der Waals surface area contributed by atoms with E-state index in [0.29, 0.717) is 28.3 Å². The molecule has 9 heteroatoms. The van der Waals surface area contributed by atoms with Gasteiger partial charge in [-0.3, -0.25) is 0 Å². The second-order valence-electron chi connectivity index (χ2n) is 6.78. The Morgan fingerprint density at radius 3 is 2.35 bits per heavy atom. The van der Waals surface area contributed by atoms with Crippen LogP contribution in [0.3, 0.4) is 0 Å². The fourth-order valence-corrected chi connectivity index (χ4v) is 3.36. The number of fused-ring (bicyclic) bond motifs is 3. The molecule has 0 bridgehead atoms. The molecule has 1 aromatic carbocycles. The van der Waals surface area contributed by atoms with Gasteiger partial charge in [-0.2, -0.15) is 17.7 Å². The molecule has 4 rings (SSSR count). The van der Waals surface area contributed by atoms with Crippen molar-refractivity contribution in [3.63, 3.8) is 0 Å². The fraction of sp³-hybridized carbons (Fsp3) is 0.471. The molecule has 0 saturated carbocycles. The molecule has 1 aliphatic rings. The van der Waals surface area contributed by atoms with E-state index >= 15 is 0 Å². The van der Waals surface area contributed by atoms with Crippen LogP contribution in [0.5, 0.6) is 0 Å². The number of rotatable bonds is 1. The molecule has 1 saturated heterocycles. The molecule has 1 aliphatic heterocycles. The second kappa shape index (κ2) is 5.80. The van der Waals surface area contributed by atoms with Gasteiger partial charge in [-0.05, 0) is 38.6 Å². The lowest BCUT2D eigenvalue weighted by atomic mass is 10.1. The van der Waals surface area contributed by atoms with Crippen LogP contribution >= 0.6 is 0 Å². The summed E-state index contributed by atoms with van der Waals surface area (Å²) >= 11 is 0. The van der Waals surface area contributed by atoms with Crippen molar-refractivity contribution in [2.75, 3.05) is 38.1 Å². The van der Waals surface area contributed by atoms with Crippen molar-refractivity contribution in [2.45, 2.75) is 20.0 Å². The summed E-state index contributed by atoms with van der Waals surface area (Å²) in [5.41, 5.74) is 0.403. The number of aryl methyl sites for hydroxylation is 2. The summed E-state index contributed by atoms with van der Waals surface area (Å²) in [7, 11) is 2.06. The minimum Gasteiger partial charge on any atom is -0.338 e. The monoisotopic (exact) mass is 364 g/mol. The molecule has 0 N–H and O–H groups in total. The number of hydrogen-bond acceptors (Lipinski definition) is 5. The van der Waals surface area contributed by atoms with Crippen LogP contribution in [0.1, 0.15) is 17.0 Å². The Morgan fingerprint density at radius 2 is 1.69 bits per heavy atom. The molecule has 0 aliphatic carbocycles. The minimum atomic E-state index is -4.42. The van der Waals surface area contributed by atoms with E-state index in [1.54, 1.807) is 11.4 Å². The van der Waals surface area contributed by atoms with Crippen LogP contribution in [-0.2, 0) is 6.18 Å². The van der Waals surface area contributed by atoms with Crippen molar-refractivity contribution in [1.82, 2.24) is 24.5 Å². The van der Waals surface area contributed by atoms with Crippen LogP contribution in [0, 0.1) is 13.8 Å². The Kier molecular flexibility index (Phi) is 3.80. The summed E-state index contributed by atoms with van der Waals surface area (Å²) in [4.78, 5) is 13.3. The molecule has 26 heavy (non-hydrogen) atoms. The average Bonchev–Trinajstić information content (AvgIpc) is 2.95. The van der Waals surface area contributed by atoms with Crippen molar-refractivity contribution in [3.05, 3.63) is 29.1 Å². The number of piperazine rings is 1. The van der Waals surface area contributed by atoms with E-state index < -0.39 is 11.7 Å². The maximum atomic E-state index is 13.3. The quantitative estimate of drug-likeness (QED) is 0.665. The lowest BCUT2D eigenvalue weighted by molar-refractivity contribution is -0.137. The largest absolute Gasteiger partial charge is 0.416 e. The van der Waals surface area contributed by atoms with Gasteiger partial charge in [0, 0.05) is 31.6 Å². The van der Waals surface area contributed by atoms with Crippen molar-refractivity contribution in [1.29, 1.82) is 0 Å². The normalized spacial score (nSPS) is 16.8. The second-order valence-corrected chi connectivity index (χ2v) is 6.78. The first-order chi connectivity index (χ1) is 12.2. The molecule has 0 spiro atoms. The zero-order chi connectivity index (χ0) is 18.6. The fourth-order valence-electron chi connectivity index (χ4n) is 3.36. The van der Waals surface area contributed by atoms with Gasteiger partial charge in [0.25, 0.3) is 0 Å². The Balaban J connectivity index is 1.96. The molecule has 3 aromatic rings. The summed E-state index contributed by atoms with van der Waals surface area (Å²) in [6, 6.07) is 2.62. The number of nitrogens with zero attached hydrogens (tertiary/aromatic N) is 6. The first kappa shape index (κ1) is 17.0. The van der Waals surface area contributed by atoms with Crippen LogP contribution in [0.25, 0.3) is 16.6 Å². The van der Waals surface area contributed by atoms with Crippen LogP contribution in [0.2, 0.25) is 0 Å². The number of halogens is 3. The van der Waals surface area contributed by atoms with Crippen LogP contribution in [-0.4, -0.2) is 57.7 Å². The lowest BCUT2D eigenvalue weighted by Crippen LogP contribution is -2.45. The van der Waals surface area contributed by atoms with Gasteiger partial charge in [0.05, 0.1) is 11.1 Å². The number of likely N-dealkylation sites (N-methyl/N-ethyl adjacent to an activating group) is 1. The van der Waals surface area contributed by atoms with Crippen LogP contribution in [0.15, 0.2) is 12.1 Å². The van der Waals surface area contributed by atoms with Crippen LogP contribution in [0.4, 0.5) is 19.1 Å². The Hall–Kier alpha value is -2.42. The van der Waals surface area contributed by atoms with Gasteiger partial charge in [-0.15, -0.1) is 5.10 Å². The molecular weight excluding hydrogens is 345 g/mol. The number of benzene rings is 1. The summed E-state index contributed by atoms with van der Waals surface area (Å²) in [6.07, 6.45) is -4.42. The third-order valence-electron chi connectivity index (χ3n) is 4.80. The summed E-state index contributed by atoms with van der Waals surface area (Å²) in [5.74, 6) is 1.13. The van der Waals surface area contributed by atoms with Crippen molar-refractivity contribution in [2.24, 2.45) is 0 Å². The molecule has 1 fully saturated rings. The highest BCUT2D eigenvalue weighted by atomic mass is 19.4. The molecule has 0 radical (unpaired) electrons. The topological polar surface area (TPSA) is 49.6 Å². The zero-order valence-corrected chi connectivity index (χ0v) is 14.8. The molecule has 0 atom stereocenters. The molecule has 138 valence electrons. The van der Waals surface area contributed by atoms with Crippen LogP contribution < -0.4 is 4.90 Å². The van der Waals surface area contributed by atoms with E-state index in [9.17, 15) is 13.2 Å². The van der Waals surface area contributed by atoms with E-state index in [1.807, 2.05) is 0 Å². The minimum absolute atomic E-state index is 0.155.